The largest absolute Gasteiger partial charge is 0.461 e. The van der Waals surface area contributed by atoms with Crippen molar-refractivity contribution in [1.82, 2.24) is 14.3 Å². The highest BCUT2D eigenvalue weighted by Crippen LogP contribution is 2.24. The molecule has 1 amide bonds. The standard InChI is InChI=1S/C20H28N4O4/c1-6-27-18(25)15-12-24-13-16(14(2)11-17(24)21-15)22-7-9-23(10-8-22)19(26)28-20(3,4)5/h11-13H,6-10H2,1-5H3. The first-order valence-electron chi connectivity index (χ1n) is 9.57. The van der Waals surface area contributed by atoms with E-state index in [9.17, 15) is 9.59 Å². The monoisotopic (exact) mass is 388 g/mol. The molecule has 152 valence electrons. The van der Waals surface area contributed by atoms with Crippen LogP contribution in [0.2, 0.25) is 0 Å². The van der Waals surface area contributed by atoms with Crippen molar-refractivity contribution >= 4 is 23.4 Å². The van der Waals surface area contributed by atoms with Crippen LogP contribution in [-0.2, 0) is 9.47 Å². The van der Waals surface area contributed by atoms with E-state index in [1.807, 2.05) is 44.4 Å². The molecule has 2 aromatic heterocycles. The summed E-state index contributed by atoms with van der Waals surface area (Å²) in [6.07, 6.45) is 3.39. The van der Waals surface area contributed by atoms with Crippen molar-refractivity contribution in [2.75, 3.05) is 37.7 Å². The molecular weight excluding hydrogens is 360 g/mol. The number of aromatic nitrogens is 2. The number of piperazine rings is 1. The molecule has 0 aliphatic carbocycles. The first-order valence-corrected chi connectivity index (χ1v) is 9.57. The third kappa shape index (κ3) is 4.37. The van der Waals surface area contributed by atoms with Crippen molar-refractivity contribution in [2.24, 2.45) is 0 Å². The molecule has 0 N–H and O–H groups in total. The van der Waals surface area contributed by atoms with Crippen LogP contribution in [0.4, 0.5) is 10.5 Å². The Morgan fingerprint density at radius 2 is 1.82 bits per heavy atom. The van der Waals surface area contributed by atoms with Crippen LogP contribution in [0.3, 0.4) is 0 Å². The average molecular weight is 388 g/mol. The Morgan fingerprint density at radius 3 is 2.43 bits per heavy atom. The van der Waals surface area contributed by atoms with E-state index in [1.165, 1.54) is 0 Å². The summed E-state index contributed by atoms with van der Waals surface area (Å²) in [5.74, 6) is -0.420. The van der Waals surface area contributed by atoms with Gasteiger partial charge in [0.1, 0.15) is 11.2 Å². The number of esters is 1. The zero-order valence-corrected chi connectivity index (χ0v) is 17.2. The number of nitrogens with zero attached hydrogens (tertiary/aromatic N) is 4. The number of hydrogen-bond acceptors (Lipinski definition) is 6. The molecule has 0 atom stereocenters. The van der Waals surface area contributed by atoms with Crippen molar-refractivity contribution in [3.8, 4) is 0 Å². The fraction of sp³-hybridized carbons (Fsp3) is 0.550. The third-order valence-corrected chi connectivity index (χ3v) is 4.53. The third-order valence-electron chi connectivity index (χ3n) is 4.53. The van der Waals surface area contributed by atoms with Crippen LogP contribution in [0.25, 0.3) is 5.65 Å². The molecule has 1 aliphatic rings. The molecule has 0 bridgehead atoms. The van der Waals surface area contributed by atoms with E-state index in [0.29, 0.717) is 44.1 Å². The van der Waals surface area contributed by atoms with E-state index >= 15 is 0 Å². The quantitative estimate of drug-likeness (QED) is 0.753. The van der Waals surface area contributed by atoms with Gasteiger partial charge in [-0.1, -0.05) is 0 Å². The van der Waals surface area contributed by atoms with Gasteiger partial charge in [-0.05, 0) is 46.2 Å². The molecule has 3 rings (SSSR count). The van der Waals surface area contributed by atoms with Crippen molar-refractivity contribution in [2.45, 2.75) is 40.2 Å². The number of fused-ring (bicyclic) bond motifs is 1. The molecule has 0 saturated carbocycles. The molecule has 0 spiro atoms. The van der Waals surface area contributed by atoms with E-state index in [1.54, 1.807) is 18.0 Å². The maximum Gasteiger partial charge on any atom is 0.410 e. The van der Waals surface area contributed by atoms with Crippen LogP contribution in [0.5, 0.6) is 0 Å². The number of aryl methyl sites for hydroxylation is 1. The first-order chi connectivity index (χ1) is 13.2. The molecule has 0 aromatic carbocycles. The number of ether oxygens (including phenoxy) is 2. The Morgan fingerprint density at radius 1 is 1.14 bits per heavy atom. The van der Waals surface area contributed by atoms with Crippen LogP contribution in [0, 0.1) is 6.92 Å². The van der Waals surface area contributed by atoms with Gasteiger partial charge >= 0.3 is 12.1 Å². The van der Waals surface area contributed by atoms with E-state index < -0.39 is 11.6 Å². The lowest BCUT2D eigenvalue weighted by Crippen LogP contribution is -2.50. The SMILES string of the molecule is CCOC(=O)c1cn2cc(N3CCN(C(=O)OC(C)(C)C)CC3)c(C)cc2n1. The summed E-state index contributed by atoms with van der Waals surface area (Å²) in [5, 5.41) is 0. The highest BCUT2D eigenvalue weighted by atomic mass is 16.6. The van der Waals surface area contributed by atoms with Gasteiger partial charge in [-0.3, -0.25) is 0 Å². The number of amides is 1. The molecule has 1 aliphatic heterocycles. The summed E-state index contributed by atoms with van der Waals surface area (Å²) >= 11 is 0. The molecule has 8 heteroatoms. The van der Waals surface area contributed by atoms with Crippen LogP contribution in [-0.4, -0.2) is 64.7 Å². The number of anilines is 1. The second-order valence-corrected chi connectivity index (χ2v) is 7.91. The topological polar surface area (TPSA) is 76.4 Å². The van der Waals surface area contributed by atoms with Gasteiger partial charge in [-0.2, -0.15) is 0 Å². The van der Waals surface area contributed by atoms with Gasteiger partial charge in [-0.25, -0.2) is 14.6 Å². The van der Waals surface area contributed by atoms with Crippen LogP contribution in [0.15, 0.2) is 18.5 Å². The van der Waals surface area contributed by atoms with E-state index in [4.69, 9.17) is 9.47 Å². The average Bonchev–Trinajstić information content (AvgIpc) is 3.03. The number of rotatable bonds is 3. The maximum atomic E-state index is 12.2. The number of carbonyl (C=O) groups excluding carboxylic acids is 2. The van der Waals surface area contributed by atoms with Gasteiger partial charge in [0.15, 0.2) is 5.69 Å². The number of hydrogen-bond donors (Lipinski definition) is 0. The van der Waals surface area contributed by atoms with Gasteiger partial charge in [0.25, 0.3) is 0 Å². The summed E-state index contributed by atoms with van der Waals surface area (Å²) in [6.45, 7) is 12.4. The summed E-state index contributed by atoms with van der Waals surface area (Å²) in [5.41, 5.74) is 2.64. The van der Waals surface area contributed by atoms with Gasteiger partial charge < -0.3 is 23.7 Å². The Kier molecular flexibility index (Phi) is 5.49. The molecule has 28 heavy (non-hydrogen) atoms. The predicted octanol–water partition coefficient (Wildman–Crippen LogP) is 2.88. The Hall–Kier alpha value is -2.77. The minimum absolute atomic E-state index is 0.270. The lowest BCUT2D eigenvalue weighted by Gasteiger charge is -2.37. The Balaban J connectivity index is 1.73. The molecule has 0 unspecified atom stereocenters. The fourth-order valence-electron chi connectivity index (χ4n) is 3.21. The van der Waals surface area contributed by atoms with Crippen molar-refractivity contribution in [3.63, 3.8) is 0 Å². The first kappa shape index (κ1) is 20.0. The van der Waals surface area contributed by atoms with Gasteiger partial charge in [0.05, 0.1) is 12.3 Å². The van der Waals surface area contributed by atoms with Crippen LogP contribution in [0.1, 0.15) is 43.7 Å². The Labute approximate surface area is 165 Å². The van der Waals surface area contributed by atoms with Crippen molar-refractivity contribution in [1.29, 1.82) is 0 Å². The highest BCUT2D eigenvalue weighted by Gasteiger charge is 2.26. The molecule has 0 radical (unpaired) electrons. The van der Waals surface area contributed by atoms with Crippen LogP contribution >= 0.6 is 0 Å². The van der Waals surface area contributed by atoms with E-state index in [2.05, 4.69) is 9.88 Å². The van der Waals surface area contributed by atoms with Crippen molar-refractivity contribution in [3.05, 3.63) is 29.7 Å². The summed E-state index contributed by atoms with van der Waals surface area (Å²) < 4.78 is 12.3. The second-order valence-electron chi connectivity index (χ2n) is 7.91. The minimum Gasteiger partial charge on any atom is -0.461 e. The number of carbonyl (C=O) groups is 2. The Bertz CT molecular complexity index is 876. The second kappa shape index (κ2) is 7.69. The molecule has 1 saturated heterocycles. The normalized spacial score (nSPS) is 15.0. The van der Waals surface area contributed by atoms with Crippen molar-refractivity contribution < 1.29 is 19.1 Å². The molecule has 3 heterocycles. The van der Waals surface area contributed by atoms with Gasteiger partial charge in [-0.15, -0.1) is 0 Å². The molecule has 8 nitrogen and oxygen atoms in total. The minimum atomic E-state index is -0.492. The molecule has 1 fully saturated rings. The highest BCUT2D eigenvalue weighted by molar-refractivity contribution is 5.88. The lowest BCUT2D eigenvalue weighted by atomic mass is 10.2. The zero-order chi connectivity index (χ0) is 20.5. The number of pyridine rings is 1. The lowest BCUT2D eigenvalue weighted by molar-refractivity contribution is 0.0240. The van der Waals surface area contributed by atoms with E-state index in [-0.39, 0.29) is 6.09 Å². The molecule has 2 aromatic rings. The number of imidazole rings is 1. The van der Waals surface area contributed by atoms with Crippen LogP contribution < -0.4 is 4.90 Å². The maximum absolute atomic E-state index is 12.2. The molecular formula is C20H28N4O4. The summed E-state index contributed by atoms with van der Waals surface area (Å²) in [6, 6.07) is 1.96. The van der Waals surface area contributed by atoms with E-state index in [0.717, 1.165) is 11.3 Å². The van der Waals surface area contributed by atoms with Gasteiger partial charge in [0.2, 0.25) is 0 Å². The summed E-state index contributed by atoms with van der Waals surface area (Å²) in [4.78, 5) is 32.5. The smallest absolute Gasteiger partial charge is 0.410 e. The summed E-state index contributed by atoms with van der Waals surface area (Å²) in [7, 11) is 0. The predicted molar refractivity (Wildman–Crippen MR) is 106 cm³/mol. The zero-order valence-electron chi connectivity index (χ0n) is 17.2. The van der Waals surface area contributed by atoms with Gasteiger partial charge in [0, 0.05) is 38.6 Å². The fourth-order valence-corrected chi connectivity index (χ4v) is 3.21.